The van der Waals surface area contributed by atoms with Crippen molar-refractivity contribution in [1.29, 1.82) is 0 Å². The molecule has 0 saturated carbocycles. The molecule has 0 aliphatic heterocycles. The lowest BCUT2D eigenvalue weighted by atomic mass is 9.87. The van der Waals surface area contributed by atoms with Gasteiger partial charge in [-0.3, -0.25) is 0 Å². The molecule has 0 atom stereocenters. The van der Waals surface area contributed by atoms with Gasteiger partial charge in [0, 0.05) is 0 Å². The molecule has 0 bridgehead atoms. The largest absolute Gasteiger partial charge is 0.345 e. The Hall–Kier alpha value is -2.62. The zero-order chi connectivity index (χ0) is 18.9. The third-order valence-corrected chi connectivity index (χ3v) is 4.57. The quantitative estimate of drug-likeness (QED) is 0.427. The summed E-state index contributed by atoms with van der Waals surface area (Å²) in [5.41, 5.74) is 7.40. The van der Waals surface area contributed by atoms with Crippen LogP contribution in [0.1, 0.15) is 52.7 Å². The molecule has 2 aromatic heterocycles. The fourth-order valence-electron chi connectivity index (χ4n) is 2.80. The smallest absolute Gasteiger partial charge is 0.0931 e. The van der Waals surface area contributed by atoms with Crippen LogP contribution in [0.4, 0.5) is 0 Å². The lowest BCUT2D eigenvalue weighted by Crippen LogP contribution is -2.10. The number of nitrogens with one attached hydrogen (secondary N) is 2. The number of imidazole rings is 2. The van der Waals surface area contributed by atoms with Crippen LogP contribution in [-0.4, -0.2) is 19.9 Å². The van der Waals surface area contributed by atoms with E-state index in [0.717, 1.165) is 22.1 Å². The zero-order valence-electron chi connectivity index (χ0n) is 16.5. The molecule has 0 aliphatic carbocycles. The number of nitrogens with zero attached hydrogens (tertiary/aromatic N) is 2. The number of H-pyrrole nitrogens is 2. The molecule has 0 fully saturated rings. The fourth-order valence-corrected chi connectivity index (χ4v) is 2.80. The topological polar surface area (TPSA) is 57.4 Å². The van der Waals surface area contributed by atoms with Crippen molar-refractivity contribution in [2.75, 3.05) is 0 Å². The summed E-state index contributed by atoms with van der Waals surface area (Å²) in [4.78, 5) is 14.6. The van der Waals surface area contributed by atoms with Gasteiger partial charge in [0.1, 0.15) is 0 Å². The second kappa shape index (κ2) is 6.60. The predicted molar refractivity (Wildman–Crippen MR) is 110 cm³/mol. The molecule has 0 unspecified atom stereocenters. The summed E-state index contributed by atoms with van der Waals surface area (Å²) in [7, 11) is 0. The van der Waals surface area contributed by atoms with Crippen LogP contribution < -0.4 is 0 Å². The Morgan fingerprint density at radius 2 is 1.00 bits per heavy atom. The molecule has 4 heteroatoms. The van der Waals surface area contributed by atoms with Crippen molar-refractivity contribution in [2.45, 2.75) is 52.4 Å². The second-order valence-corrected chi connectivity index (χ2v) is 8.77. The molecule has 0 radical (unpaired) electrons. The number of hydrogen-bond acceptors (Lipinski definition) is 2. The maximum absolute atomic E-state index is 4.19. The number of fused-ring (bicyclic) bond motifs is 2. The SMILES string of the molecule is CC(C)(C)c1ccc2nc[nH]c2c1.CC(C)(C)c1ccc2nc[nH]c2c1. The second-order valence-electron chi connectivity index (χ2n) is 8.77. The summed E-state index contributed by atoms with van der Waals surface area (Å²) in [5, 5.41) is 0. The summed E-state index contributed by atoms with van der Waals surface area (Å²) in [6.07, 6.45) is 3.47. The van der Waals surface area contributed by atoms with E-state index in [-0.39, 0.29) is 10.8 Å². The summed E-state index contributed by atoms with van der Waals surface area (Å²) in [5.74, 6) is 0. The van der Waals surface area contributed by atoms with Crippen molar-refractivity contribution in [3.05, 3.63) is 60.2 Å². The molecular formula is C22H28N4. The van der Waals surface area contributed by atoms with Crippen LogP contribution in [0.5, 0.6) is 0 Å². The van der Waals surface area contributed by atoms with E-state index < -0.39 is 0 Å². The maximum atomic E-state index is 4.19. The lowest BCUT2D eigenvalue weighted by Gasteiger charge is -2.18. The van der Waals surface area contributed by atoms with Crippen LogP contribution in [0.25, 0.3) is 22.1 Å². The number of benzene rings is 2. The highest BCUT2D eigenvalue weighted by Gasteiger charge is 2.14. The van der Waals surface area contributed by atoms with Crippen LogP contribution in [0.2, 0.25) is 0 Å². The molecule has 26 heavy (non-hydrogen) atoms. The standard InChI is InChI=1S/2C11H14N2/c2*1-11(2,3)8-4-5-9-10(6-8)13-7-12-9/h2*4-7H,1-3H3,(H,12,13). The first kappa shape index (κ1) is 18.2. The first-order valence-corrected chi connectivity index (χ1v) is 9.02. The van der Waals surface area contributed by atoms with E-state index in [1.807, 2.05) is 0 Å². The Balaban J connectivity index is 0.000000151. The average Bonchev–Trinajstić information content (AvgIpc) is 3.21. The van der Waals surface area contributed by atoms with Gasteiger partial charge in [0.25, 0.3) is 0 Å². The van der Waals surface area contributed by atoms with Crippen molar-refractivity contribution in [1.82, 2.24) is 19.9 Å². The van der Waals surface area contributed by atoms with E-state index in [1.54, 1.807) is 12.7 Å². The minimum absolute atomic E-state index is 0.208. The molecule has 0 spiro atoms. The highest BCUT2D eigenvalue weighted by Crippen LogP contribution is 2.25. The van der Waals surface area contributed by atoms with E-state index in [9.17, 15) is 0 Å². The Bertz CT molecular complexity index is 926. The molecule has 2 aromatic carbocycles. The van der Waals surface area contributed by atoms with E-state index in [0.29, 0.717) is 0 Å². The van der Waals surface area contributed by atoms with Gasteiger partial charge in [-0.15, -0.1) is 0 Å². The molecule has 2 N–H and O–H groups in total. The summed E-state index contributed by atoms with van der Waals surface area (Å²) >= 11 is 0. The van der Waals surface area contributed by atoms with Gasteiger partial charge in [-0.1, -0.05) is 53.7 Å². The minimum atomic E-state index is 0.208. The molecule has 4 nitrogen and oxygen atoms in total. The molecule has 0 aliphatic rings. The van der Waals surface area contributed by atoms with Gasteiger partial charge in [-0.2, -0.15) is 0 Å². The van der Waals surface area contributed by atoms with Crippen molar-refractivity contribution in [3.63, 3.8) is 0 Å². The van der Waals surface area contributed by atoms with Gasteiger partial charge >= 0.3 is 0 Å². The number of hydrogen-bond donors (Lipinski definition) is 2. The molecule has 2 heterocycles. The van der Waals surface area contributed by atoms with Gasteiger partial charge in [-0.05, 0) is 46.2 Å². The van der Waals surface area contributed by atoms with Crippen LogP contribution in [-0.2, 0) is 10.8 Å². The Labute approximate surface area is 155 Å². The molecule has 4 aromatic rings. The van der Waals surface area contributed by atoms with Gasteiger partial charge in [-0.25, -0.2) is 9.97 Å². The van der Waals surface area contributed by atoms with Crippen molar-refractivity contribution in [2.24, 2.45) is 0 Å². The number of rotatable bonds is 0. The predicted octanol–water partition coefficient (Wildman–Crippen LogP) is 5.72. The Morgan fingerprint density at radius 3 is 1.35 bits per heavy atom. The van der Waals surface area contributed by atoms with Gasteiger partial charge in [0.05, 0.1) is 34.7 Å². The summed E-state index contributed by atoms with van der Waals surface area (Å²) < 4.78 is 0. The monoisotopic (exact) mass is 348 g/mol. The van der Waals surface area contributed by atoms with Crippen molar-refractivity contribution >= 4 is 22.1 Å². The highest BCUT2D eigenvalue weighted by atomic mass is 14.9. The normalized spacial score (nSPS) is 12.2. The average molecular weight is 348 g/mol. The first-order valence-electron chi connectivity index (χ1n) is 9.02. The third kappa shape index (κ3) is 3.96. The Morgan fingerprint density at radius 1 is 0.615 bits per heavy atom. The van der Waals surface area contributed by atoms with E-state index >= 15 is 0 Å². The van der Waals surface area contributed by atoms with Crippen molar-refractivity contribution < 1.29 is 0 Å². The number of aromatic amines is 2. The zero-order valence-corrected chi connectivity index (χ0v) is 16.5. The first-order chi connectivity index (χ1) is 12.1. The van der Waals surface area contributed by atoms with E-state index in [4.69, 9.17) is 0 Å². The summed E-state index contributed by atoms with van der Waals surface area (Å²) in [6, 6.07) is 12.7. The minimum Gasteiger partial charge on any atom is -0.345 e. The van der Waals surface area contributed by atoms with Crippen molar-refractivity contribution in [3.8, 4) is 0 Å². The van der Waals surface area contributed by atoms with E-state index in [1.165, 1.54) is 11.1 Å². The van der Waals surface area contributed by atoms with Gasteiger partial charge in [0.2, 0.25) is 0 Å². The Kier molecular flexibility index (Phi) is 4.61. The maximum Gasteiger partial charge on any atom is 0.0931 e. The van der Waals surface area contributed by atoms with Crippen LogP contribution in [0, 0.1) is 0 Å². The van der Waals surface area contributed by atoms with Gasteiger partial charge < -0.3 is 9.97 Å². The van der Waals surface area contributed by atoms with Crippen LogP contribution in [0.3, 0.4) is 0 Å². The van der Waals surface area contributed by atoms with Crippen LogP contribution >= 0.6 is 0 Å². The van der Waals surface area contributed by atoms with Crippen LogP contribution in [0.15, 0.2) is 49.1 Å². The molecule has 4 rings (SSSR count). The molecule has 0 saturated heterocycles. The fraction of sp³-hybridized carbons (Fsp3) is 0.364. The molecular weight excluding hydrogens is 320 g/mol. The molecule has 0 amide bonds. The number of aromatic nitrogens is 4. The third-order valence-electron chi connectivity index (χ3n) is 4.57. The molecule has 136 valence electrons. The van der Waals surface area contributed by atoms with Gasteiger partial charge in [0.15, 0.2) is 0 Å². The highest BCUT2D eigenvalue weighted by molar-refractivity contribution is 5.76. The van der Waals surface area contributed by atoms with E-state index in [2.05, 4.69) is 97.9 Å². The summed E-state index contributed by atoms with van der Waals surface area (Å²) in [6.45, 7) is 13.3. The lowest BCUT2D eigenvalue weighted by molar-refractivity contribution is 0.590.